The summed E-state index contributed by atoms with van der Waals surface area (Å²) in [5.41, 5.74) is -0.202. The lowest BCUT2D eigenvalue weighted by molar-refractivity contribution is -0.137. The fourth-order valence-corrected chi connectivity index (χ4v) is 2.61. The topological polar surface area (TPSA) is 83.3 Å². The maximum Gasteiger partial charge on any atom is 0.417 e. The van der Waals surface area contributed by atoms with Gasteiger partial charge in [0.05, 0.1) is 24.6 Å². The summed E-state index contributed by atoms with van der Waals surface area (Å²) in [6, 6.07) is 8.42. The van der Waals surface area contributed by atoms with Crippen molar-refractivity contribution >= 4 is 11.8 Å². The molecule has 0 saturated heterocycles. The van der Waals surface area contributed by atoms with Gasteiger partial charge in [0.15, 0.2) is 18.2 Å². The quantitative estimate of drug-likeness (QED) is 0.448. The summed E-state index contributed by atoms with van der Waals surface area (Å²) < 4.78 is 49.3. The van der Waals surface area contributed by atoms with E-state index < -0.39 is 30.1 Å². The highest BCUT2D eigenvalue weighted by molar-refractivity contribution is 5.99. The lowest BCUT2D eigenvalue weighted by atomic mass is 10.1. The van der Waals surface area contributed by atoms with Gasteiger partial charge in [0, 0.05) is 11.8 Å². The van der Waals surface area contributed by atoms with Crippen LogP contribution in [0.15, 0.2) is 48.8 Å². The first-order chi connectivity index (χ1) is 14.2. The van der Waals surface area contributed by atoms with Gasteiger partial charge in [0.25, 0.3) is 0 Å². The zero-order valence-corrected chi connectivity index (χ0v) is 15.9. The van der Waals surface area contributed by atoms with Gasteiger partial charge in [-0.15, -0.1) is 0 Å². The molecule has 0 aliphatic rings. The fraction of sp³-hybridized carbons (Fsp3) is 0.200. The lowest BCUT2D eigenvalue weighted by Gasteiger charge is -2.08. The van der Waals surface area contributed by atoms with Gasteiger partial charge in [-0.1, -0.05) is 12.1 Å². The highest BCUT2D eigenvalue weighted by Gasteiger charge is 2.31. The lowest BCUT2D eigenvalue weighted by Crippen LogP contribution is -2.15. The van der Waals surface area contributed by atoms with Gasteiger partial charge in [0.2, 0.25) is 0 Å². The van der Waals surface area contributed by atoms with Gasteiger partial charge in [-0.25, -0.2) is 14.5 Å². The Morgan fingerprint density at radius 1 is 1.13 bits per heavy atom. The zero-order valence-electron chi connectivity index (χ0n) is 15.9. The molecule has 2 aromatic heterocycles. The van der Waals surface area contributed by atoms with Crippen LogP contribution < -0.4 is 4.74 Å². The molecule has 0 unspecified atom stereocenters. The Morgan fingerprint density at radius 2 is 1.90 bits per heavy atom. The Balaban J connectivity index is 1.70. The van der Waals surface area contributed by atoms with E-state index in [1.54, 1.807) is 18.2 Å². The van der Waals surface area contributed by atoms with Crippen molar-refractivity contribution in [2.24, 2.45) is 0 Å². The first-order valence-corrected chi connectivity index (χ1v) is 8.63. The SMILES string of the molecule is COc1cccc(C(=O)COC(=O)c2cnn(-c3ccc(C(F)(F)F)cn3)c2C)c1. The van der Waals surface area contributed by atoms with Crippen molar-refractivity contribution in [2.45, 2.75) is 13.1 Å². The monoisotopic (exact) mass is 419 g/mol. The standard InChI is InChI=1S/C20H16F3N3O4/c1-12-16(10-25-26(12)18-7-6-14(9-24-18)20(21,22)23)19(28)30-11-17(27)13-4-3-5-15(8-13)29-2/h3-10H,11H2,1-2H3. The van der Waals surface area contributed by atoms with Gasteiger partial charge in [-0.3, -0.25) is 4.79 Å². The highest BCUT2D eigenvalue weighted by atomic mass is 19.4. The summed E-state index contributed by atoms with van der Waals surface area (Å²) in [7, 11) is 1.47. The highest BCUT2D eigenvalue weighted by Crippen LogP contribution is 2.28. The van der Waals surface area contributed by atoms with E-state index in [1.807, 2.05) is 0 Å². The van der Waals surface area contributed by atoms with Gasteiger partial charge < -0.3 is 9.47 Å². The molecule has 1 aromatic carbocycles. The van der Waals surface area contributed by atoms with Crippen molar-refractivity contribution < 1.29 is 32.2 Å². The molecule has 10 heteroatoms. The minimum absolute atomic E-state index is 0.0649. The predicted molar refractivity (Wildman–Crippen MR) is 98.7 cm³/mol. The number of nitrogens with zero attached hydrogens (tertiary/aromatic N) is 3. The molecular formula is C20H16F3N3O4. The second-order valence-electron chi connectivity index (χ2n) is 6.19. The normalized spacial score (nSPS) is 11.2. The summed E-state index contributed by atoms with van der Waals surface area (Å²) in [5, 5.41) is 3.98. The number of carbonyl (C=O) groups excluding carboxylic acids is 2. The number of rotatable bonds is 6. The van der Waals surface area contributed by atoms with Crippen LogP contribution in [0.1, 0.15) is 32.0 Å². The Bertz CT molecular complexity index is 1080. The number of benzene rings is 1. The average molecular weight is 419 g/mol. The maximum atomic E-state index is 12.7. The van der Waals surface area contributed by atoms with Crippen molar-refractivity contribution in [3.8, 4) is 11.6 Å². The van der Waals surface area contributed by atoms with E-state index in [-0.39, 0.29) is 11.4 Å². The number of ketones is 1. The third-order valence-electron chi connectivity index (χ3n) is 4.25. The smallest absolute Gasteiger partial charge is 0.417 e. The minimum Gasteiger partial charge on any atom is -0.497 e. The number of ether oxygens (including phenoxy) is 2. The summed E-state index contributed by atoms with van der Waals surface area (Å²) in [4.78, 5) is 28.3. The van der Waals surface area contributed by atoms with Crippen LogP contribution in [0.5, 0.6) is 5.75 Å². The van der Waals surface area contributed by atoms with Crippen LogP contribution in [0.4, 0.5) is 13.2 Å². The Labute approximate surface area is 169 Å². The summed E-state index contributed by atoms with van der Waals surface area (Å²) >= 11 is 0. The molecule has 0 saturated carbocycles. The van der Waals surface area contributed by atoms with Crippen molar-refractivity contribution in [1.82, 2.24) is 14.8 Å². The van der Waals surface area contributed by atoms with Gasteiger partial charge in [-0.05, 0) is 31.2 Å². The number of aromatic nitrogens is 3. The molecule has 7 nitrogen and oxygen atoms in total. The van der Waals surface area contributed by atoms with E-state index in [2.05, 4.69) is 10.1 Å². The number of hydrogen-bond donors (Lipinski definition) is 0. The maximum absolute atomic E-state index is 12.7. The molecule has 0 fully saturated rings. The first kappa shape index (κ1) is 21.0. The van der Waals surface area contributed by atoms with Crippen LogP contribution in [-0.4, -0.2) is 40.2 Å². The molecule has 0 atom stereocenters. The Morgan fingerprint density at radius 3 is 2.53 bits per heavy atom. The van der Waals surface area contributed by atoms with Crippen molar-refractivity contribution in [3.63, 3.8) is 0 Å². The van der Waals surface area contributed by atoms with Crippen LogP contribution in [0.25, 0.3) is 5.82 Å². The van der Waals surface area contributed by atoms with Gasteiger partial charge in [-0.2, -0.15) is 18.3 Å². The van der Waals surface area contributed by atoms with Crippen LogP contribution in [0, 0.1) is 6.92 Å². The van der Waals surface area contributed by atoms with Crippen LogP contribution >= 0.6 is 0 Å². The second kappa shape index (κ2) is 8.36. The number of halogens is 3. The molecule has 0 amide bonds. The molecule has 3 rings (SSSR count). The number of alkyl halides is 3. The van der Waals surface area contributed by atoms with E-state index in [9.17, 15) is 22.8 Å². The molecular weight excluding hydrogens is 403 g/mol. The van der Waals surface area contributed by atoms with E-state index in [0.717, 1.165) is 12.1 Å². The second-order valence-corrected chi connectivity index (χ2v) is 6.19. The molecule has 0 spiro atoms. The number of carbonyl (C=O) groups is 2. The van der Waals surface area contributed by atoms with E-state index >= 15 is 0 Å². The van der Waals surface area contributed by atoms with E-state index in [1.165, 1.54) is 31.0 Å². The van der Waals surface area contributed by atoms with Crippen molar-refractivity contribution in [2.75, 3.05) is 13.7 Å². The Hall–Kier alpha value is -3.69. The van der Waals surface area contributed by atoms with E-state index in [4.69, 9.17) is 9.47 Å². The molecule has 30 heavy (non-hydrogen) atoms. The fourth-order valence-electron chi connectivity index (χ4n) is 2.61. The van der Waals surface area contributed by atoms with Crippen molar-refractivity contribution in [3.05, 3.63) is 71.2 Å². The number of hydrogen-bond acceptors (Lipinski definition) is 6. The van der Waals surface area contributed by atoms with Crippen molar-refractivity contribution in [1.29, 1.82) is 0 Å². The van der Waals surface area contributed by atoms with Crippen LogP contribution in [0.2, 0.25) is 0 Å². The van der Waals surface area contributed by atoms with Gasteiger partial charge >= 0.3 is 12.1 Å². The largest absolute Gasteiger partial charge is 0.497 e. The average Bonchev–Trinajstić information content (AvgIpc) is 3.12. The number of methoxy groups -OCH3 is 1. The molecule has 2 heterocycles. The number of Topliss-reactive ketones (excluding diaryl/α,β-unsaturated/α-hetero) is 1. The number of pyridine rings is 1. The molecule has 3 aromatic rings. The molecule has 0 radical (unpaired) electrons. The third kappa shape index (κ3) is 4.48. The van der Waals surface area contributed by atoms with Crippen LogP contribution in [-0.2, 0) is 10.9 Å². The molecule has 0 aliphatic carbocycles. The third-order valence-corrected chi connectivity index (χ3v) is 4.25. The van der Waals surface area contributed by atoms with Gasteiger partial charge in [0.1, 0.15) is 11.3 Å². The minimum atomic E-state index is -4.50. The summed E-state index contributed by atoms with van der Waals surface area (Å²) in [6.45, 7) is 1.04. The zero-order chi connectivity index (χ0) is 21.9. The summed E-state index contributed by atoms with van der Waals surface area (Å²) in [5.74, 6) is -0.612. The Kier molecular flexibility index (Phi) is 5.86. The molecule has 0 aliphatic heterocycles. The van der Waals surface area contributed by atoms with E-state index in [0.29, 0.717) is 23.2 Å². The summed E-state index contributed by atoms with van der Waals surface area (Å²) in [6.07, 6.45) is -2.62. The predicted octanol–water partition coefficient (Wildman–Crippen LogP) is 3.64. The van der Waals surface area contributed by atoms with Crippen LogP contribution in [0.3, 0.4) is 0 Å². The number of esters is 1. The molecule has 156 valence electrons. The molecule has 0 N–H and O–H groups in total. The first-order valence-electron chi connectivity index (χ1n) is 8.63. The molecule has 0 bridgehead atoms.